The van der Waals surface area contributed by atoms with Gasteiger partial charge < -0.3 is 25.3 Å². The lowest BCUT2D eigenvalue weighted by molar-refractivity contribution is -0.157. The van der Waals surface area contributed by atoms with Gasteiger partial charge in [0.05, 0.1) is 27.5 Å². The standard InChI is InChI=1S/C38H40F5N9O3S2/c1-50-12-14-51(15-13-50)29(53)16-36-19-37(20-36,21-36)48-34-45-11-10-28(46-34)32-31(47-35(56-32)52-22-8-9-23(52)18-44-17-22)24-4-2-7-27(30(24)40)49-57(54,55)33-25(38(41,42)43)5-3-6-26(33)39/h2-7,10-11,22-23,44,49H,8-9,12-21H2,1H3,(H,45,46,48). The third-order valence-electron chi connectivity index (χ3n) is 12.0. The van der Waals surface area contributed by atoms with Crippen LogP contribution < -0.4 is 20.3 Å². The van der Waals surface area contributed by atoms with Gasteiger partial charge in [-0.2, -0.15) is 13.2 Å². The zero-order valence-electron chi connectivity index (χ0n) is 30.9. The van der Waals surface area contributed by atoms with Crippen LogP contribution >= 0.6 is 11.3 Å². The van der Waals surface area contributed by atoms with Crippen LogP contribution in [0.1, 0.15) is 44.1 Å². The van der Waals surface area contributed by atoms with E-state index >= 15 is 4.39 Å². The highest BCUT2D eigenvalue weighted by Gasteiger charge is 2.68. The van der Waals surface area contributed by atoms with Crippen molar-refractivity contribution in [3.8, 4) is 21.8 Å². The van der Waals surface area contributed by atoms with Crippen LogP contribution in [0.4, 0.5) is 38.7 Å². The van der Waals surface area contributed by atoms with E-state index in [1.54, 1.807) is 12.3 Å². The first-order chi connectivity index (χ1) is 27.1. The molecule has 6 fully saturated rings. The van der Waals surface area contributed by atoms with Crippen molar-refractivity contribution in [2.75, 3.05) is 61.3 Å². The van der Waals surface area contributed by atoms with Crippen molar-refractivity contribution in [1.29, 1.82) is 0 Å². The number of likely N-dealkylation sites (N-methyl/N-ethyl adjacent to an activating group) is 1. The third kappa shape index (κ3) is 6.89. The number of amides is 1. The number of hydrogen-bond donors (Lipinski definition) is 3. The van der Waals surface area contributed by atoms with E-state index in [-0.39, 0.29) is 40.2 Å². The van der Waals surface area contributed by atoms with E-state index < -0.39 is 44.0 Å². The second kappa shape index (κ2) is 13.8. The summed E-state index contributed by atoms with van der Waals surface area (Å²) in [4.78, 5) is 32.6. The topological polar surface area (TPSA) is 136 Å². The zero-order chi connectivity index (χ0) is 39.9. The quantitative estimate of drug-likeness (QED) is 0.168. The second-order valence-electron chi connectivity index (χ2n) is 16.1. The number of fused-ring (bicyclic) bond motifs is 2. The fourth-order valence-electron chi connectivity index (χ4n) is 9.45. The fourth-order valence-corrected chi connectivity index (χ4v) is 12.0. The number of nitrogens with zero attached hydrogens (tertiary/aromatic N) is 6. The molecule has 0 radical (unpaired) electrons. The van der Waals surface area contributed by atoms with E-state index in [9.17, 15) is 30.8 Å². The van der Waals surface area contributed by atoms with Crippen LogP contribution in [0.2, 0.25) is 0 Å². The molecule has 3 saturated carbocycles. The van der Waals surface area contributed by atoms with Crippen molar-refractivity contribution in [2.24, 2.45) is 5.41 Å². The van der Waals surface area contributed by atoms with Crippen LogP contribution in [0, 0.1) is 17.0 Å². The molecule has 6 aliphatic rings. The van der Waals surface area contributed by atoms with Crippen LogP contribution in [-0.2, 0) is 21.0 Å². The second-order valence-corrected chi connectivity index (χ2v) is 18.7. The lowest BCUT2D eigenvalue weighted by Gasteiger charge is -2.70. The monoisotopic (exact) mass is 829 g/mol. The summed E-state index contributed by atoms with van der Waals surface area (Å²) in [6.45, 7) is 4.72. The number of carbonyl (C=O) groups excluding carboxylic acids is 1. The van der Waals surface area contributed by atoms with Gasteiger partial charge in [-0.15, -0.1) is 0 Å². The average Bonchev–Trinajstić information content (AvgIpc) is 3.67. The number of halogens is 5. The number of carbonyl (C=O) groups is 1. The van der Waals surface area contributed by atoms with Gasteiger partial charge in [0, 0.05) is 75.1 Å². The van der Waals surface area contributed by atoms with Crippen LogP contribution in [-0.4, -0.2) is 103 Å². The summed E-state index contributed by atoms with van der Waals surface area (Å²) in [5.41, 5.74) is -2.19. The maximum atomic E-state index is 16.6. The number of rotatable bonds is 10. The molecule has 3 saturated heterocycles. The van der Waals surface area contributed by atoms with Crippen LogP contribution in [0.15, 0.2) is 53.6 Å². The van der Waals surface area contributed by atoms with Gasteiger partial charge in [0.25, 0.3) is 10.0 Å². The molecule has 4 aromatic rings. The molecule has 3 N–H and O–H groups in total. The molecule has 4 bridgehead atoms. The summed E-state index contributed by atoms with van der Waals surface area (Å²) in [6, 6.07) is 7.58. The Hall–Kier alpha value is -4.46. The van der Waals surface area contributed by atoms with Gasteiger partial charge in [-0.25, -0.2) is 32.2 Å². The predicted octanol–water partition coefficient (Wildman–Crippen LogP) is 5.80. The summed E-state index contributed by atoms with van der Waals surface area (Å²) in [6.07, 6.45) is 1.25. The summed E-state index contributed by atoms with van der Waals surface area (Å²) in [7, 11) is -3.21. The third-order valence-corrected chi connectivity index (χ3v) is 14.6. The molecule has 3 aliphatic carbocycles. The number of benzene rings is 2. The highest BCUT2D eigenvalue weighted by molar-refractivity contribution is 7.92. The van der Waals surface area contributed by atoms with Crippen LogP contribution in [0.5, 0.6) is 0 Å². The van der Waals surface area contributed by atoms with Gasteiger partial charge in [0.2, 0.25) is 11.9 Å². The molecule has 12 nitrogen and oxygen atoms in total. The minimum absolute atomic E-state index is 0.0297. The number of anilines is 3. The number of nitrogens with one attached hydrogen (secondary N) is 3. The molecule has 302 valence electrons. The Morgan fingerprint density at radius 3 is 2.39 bits per heavy atom. The summed E-state index contributed by atoms with van der Waals surface area (Å²) in [5, 5.41) is 7.56. The maximum absolute atomic E-state index is 16.6. The number of alkyl halides is 3. The normalized spacial score (nSPS) is 25.9. The Morgan fingerprint density at radius 2 is 1.68 bits per heavy atom. The van der Waals surface area contributed by atoms with Crippen LogP contribution in [0.25, 0.3) is 21.8 Å². The van der Waals surface area contributed by atoms with E-state index in [0.29, 0.717) is 40.2 Å². The fraction of sp³-hybridized carbons (Fsp3) is 0.474. The number of aromatic nitrogens is 3. The average molecular weight is 830 g/mol. The SMILES string of the molecule is CN1CCN(C(=O)CC23CC(Nc4nccc(-c5sc(N6C7CCC6CNC7)nc5-c5cccc(NS(=O)(=O)c6c(F)cccc6C(F)(F)F)c5F)n4)(C2)C3)CC1. The Balaban J connectivity index is 1.01. The minimum Gasteiger partial charge on any atom is -0.349 e. The number of piperazine rings is 2. The molecule has 5 heterocycles. The Bertz CT molecular complexity index is 2320. The molecule has 3 aliphatic heterocycles. The van der Waals surface area contributed by atoms with Crippen molar-refractivity contribution >= 4 is 44.0 Å². The molecule has 0 spiro atoms. The largest absolute Gasteiger partial charge is 0.417 e. The Labute approximate surface area is 329 Å². The van der Waals surface area contributed by atoms with E-state index in [1.165, 1.54) is 23.5 Å². The maximum Gasteiger partial charge on any atom is 0.417 e. The number of thiazole rings is 1. The molecular weight excluding hydrogens is 790 g/mol. The van der Waals surface area contributed by atoms with Gasteiger partial charge in [0.1, 0.15) is 10.7 Å². The lowest BCUT2D eigenvalue weighted by atomic mass is 9.38. The smallest absolute Gasteiger partial charge is 0.349 e. The predicted molar refractivity (Wildman–Crippen MR) is 204 cm³/mol. The first-order valence-corrected chi connectivity index (χ1v) is 21.2. The zero-order valence-corrected chi connectivity index (χ0v) is 32.5. The molecule has 2 aromatic carbocycles. The van der Waals surface area contributed by atoms with Crippen molar-refractivity contribution in [2.45, 2.75) is 67.2 Å². The first kappa shape index (κ1) is 38.1. The van der Waals surface area contributed by atoms with Crippen molar-refractivity contribution in [3.63, 3.8) is 0 Å². The van der Waals surface area contributed by atoms with Gasteiger partial charge in [-0.3, -0.25) is 9.52 Å². The Kier molecular flexibility index (Phi) is 9.24. The molecule has 19 heteroatoms. The lowest BCUT2D eigenvalue weighted by Crippen LogP contribution is -2.71. The summed E-state index contributed by atoms with van der Waals surface area (Å²) in [5.74, 6) is -2.18. The van der Waals surface area contributed by atoms with Crippen molar-refractivity contribution in [3.05, 3.63) is 65.9 Å². The number of sulfonamides is 1. The van der Waals surface area contributed by atoms with E-state index in [2.05, 4.69) is 32.5 Å². The number of hydrogen-bond acceptors (Lipinski definition) is 11. The van der Waals surface area contributed by atoms with E-state index in [1.807, 2.05) is 9.62 Å². The van der Waals surface area contributed by atoms with E-state index in [0.717, 1.165) is 83.5 Å². The molecule has 57 heavy (non-hydrogen) atoms. The van der Waals surface area contributed by atoms with Crippen molar-refractivity contribution < 1.29 is 35.2 Å². The van der Waals surface area contributed by atoms with Crippen molar-refractivity contribution in [1.82, 2.24) is 30.1 Å². The first-order valence-electron chi connectivity index (χ1n) is 18.9. The molecular formula is C38H40F5N9O3S2. The molecule has 10 rings (SSSR count). The Morgan fingerprint density at radius 1 is 0.982 bits per heavy atom. The van der Waals surface area contributed by atoms with Crippen LogP contribution in [0.3, 0.4) is 0 Å². The van der Waals surface area contributed by atoms with Gasteiger partial charge >= 0.3 is 6.18 Å². The molecule has 2 atom stereocenters. The minimum atomic E-state index is -5.26. The van der Waals surface area contributed by atoms with Gasteiger partial charge in [-0.1, -0.05) is 23.5 Å². The van der Waals surface area contributed by atoms with Gasteiger partial charge in [0.15, 0.2) is 10.9 Å². The highest BCUT2D eigenvalue weighted by Crippen LogP contribution is 2.70. The van der Waals surface area contributed by atoms with E-state index in [4.69, 9.17) is 9.97 Å². The summed E-state index contributed by atoms with van der Waals surface area (Å²) >= 11 is 1.31. The summed E-state index contributed by atoms with van der Waals surface area (Å²) < 4.78 is 101. The van der Waals surface area contributed by atoms with Gasteiger partial charge in [-0.05, 0) is 74.9 Å². The molecule has 2 unspecified atom stereocenters. The molecule has 1 amide bonds. The highest BCUT2D eigenvalue weighted by atomic mass is 32.2. The molecule has 2 aromatic heterocycles.